The predicted octanol–water partition coefficient (Wildman–Crippen LogP) is 3.06. The van der Waals surface area contributed by atoms with E-state index >= 15 is 0 Å². The Hall–Kier alpha value is -2.15. The van der Waals surface area contributed by atoms with Gasteiger partial charge in [-0.05, 0) is 31.0 Å². The molecule has 0 spiro atoms. The van der Waals surface area contributed by atoms with Crippen molar-refractivity contribution in [1.82, 2.24) is 15.5 Å². The van der Waals surface area contributed by atoms with Crippen LogP contribution in [0.4, 0.5) is 14.9 Å². The fraction of sp³-hybridized carbons (Fsp3) is 0.308. The summed E-state index contributed by atoms with van der Waals surface area (Å²) in [6.45, 7) is 0.115. The molecule has 1 aliphatic carbocycles. The third-order valence-electron chi connectivity index (χ3n) is 3.01. The van der Waals surface area contributed by atoms with Crippen molar-refractivity contribution in [1.29, 1.82) is 0 Å². The zero-order valence-corrected chi connectivity index (χ0v) is 11.7. The fourth-order valence-electron chi connectivity index (χ4n) is 1.76. The van der Waals surface area contributed by atoms with E-state index in [1.165, 1.54) is 12.1 Å². The highest BCUT2D eigenvalue weighted by molar-refractivity contribution is 6.33. The van der Waals surface area contributed by atoms with Crippen molar-refractivity contribution in [2.75, 3.05) is 5.32 Å². The van der Waals surface area contributed by atoms with Gasteiger partial charge < -0.3 is 15.2 Å². The van der Waals surface area contributed by atoms with Crippen molar-refractivity contribution < 1.29 is 13.7 Å². The quantitative estimate of drug-likeness (QED) is 0.909. The zero-order chi connectivity index (χ0) is 14.8. The van der Waals surface area contributed by atoms with E-state index < -0.39 is 11.8 Å². The third kappa shape index (κ3) is 3.49. The van der Waals surface area contributed by atoms with Gasteiger partial charge in [-0.2, -0.15) is 4.98 Å². The summed E-state index contributed by atoms with van der Waals surface area (Å²) in [6.07, 6.45) is 2.16. The fourth-order valence-corrected chi connectivity index (χ4v) is 1.97. The highest BCUT2D eigenvalue weighted by atomic mass is 35.5. The number of hydrogen-bond donors (Lipinski definition) is 2. The second-order valence-electron chi connectivity index (χ2n) is 4.75. The lowest BCUT2D eigenvalue weighted by Gasteiger charge is -2.07. The second-order valence-corrected chi connectivity index (χ2v) is 5.16. The molecule has 0 atom stereocenters. The Bertz CT molecular complexity index is 672. The first-order valence-corrected chi connectivity index (χ1v) is 6.82. The minimum absolute atomic E-state index is 0.115. The Labute approximate surface area is 124 Å². The molecule has 8 heteroatoms. The van der Waals surface area contributed by atoms with Gasteiger partial charge >= 0.3 is 6.03 Å². The summed E-state index contributed by atoms with van der Waals surface area (Å²) in [5.41, 5.74) is 0.319. The summed E-state index contributed by atoms with van der Waals surface area (Å²) in [5.74, 6) is 0.963. The monoisotopic (exact) mass is 310 g/mol. The standard InChI is InChI=1S/C13H12ClFN4O2/c14-9-5-8(15)3-4-10(9)17-13(20)16-6-11-18-12(19-21-11)7-1-2-7/h3-5,7H,1-2,6H2,(H2,16,17,20). The van der Waals surface area contributed by atoms with Gasteiger partial charge in [0.15, 0.2) is 5.82 Å². The first kappa shape index (κ1) is 13.8. The Balaban J connectivity index is 1.53. The zero-order valence-electron chi connectivity index (χ0n) is 10.9. The molecule has 1 fully saturated rings. The molecule has 2 amide bonds. The van der Waals surface area contributed by atoms with Gasteiger partial charge in [0.2, 0.25) is 5.89 Å². The number of rotatable bonds is 4. The smallest absolute Gasteiger partial charge is 0.319 e. The summed E-state index contributed by atoms with van der Waals surface area (Å²) in [6, 6.07) is 3.22. The molecule has 0 bridgehead atoms. The lowest BCUT2D eigenvalue weighted by Crippen LogP contribution is -2.28. The molecule has 6 nitrogen and oxygen atoms in total. The van der Waals surface area contributed by atoms with Gasteiger partial charge in [0, 0.05) is 5.92 Å². The van der Waals surface area contributed by atoms with E-state index in [1.54, 1.807) is 0 Å². The number of halogens is 2. The van der Waals surface area contributed by atoms with Crippen molar-refractivity contribution in [3.8, 4) is 0 Å². The summed E-state index contributed by atoms with van der Waals surface area (Å²) < 4.78 is 17.9. The number of urea groups is 1. The van der Waals surface area contributed by atoms with Gasteiger partial charge in [0.05, 0.1) is 17.3 Å². The van der Waals surface area contributed by atoms with Crippen LogP contribution in [0.2, 0.25) is 5.02 Å². The lowest BCUT2D eigenvalue weighted by atomic mass is 10.3. The number of amides is 2. The predicted molar refractivity (Wildman–Crippen MR) is 73.5 cm³/mol. The Morgan fingerprint density at radius 3 is 3.00 bits per heavy atom. The van der Waals surface area contributed by atoms with E-state index in [-0.39, 0.29) is 11.6 Å². The van der Waals surface area contributed by atoms with Crippen LogP contribution in [0.3, 0.4) is 0 Å². The molecule has 1 aliphatic rings. The average molecular weight is 311 g/mol. The maximum absolute atomic E-state index is 12.9. The number of anilines is 1. The van der Waals surface area contributed by atoms with Crippen LogP contribution in [0.1, 0.15) is 30.5 Å². The Morgan fingerprint density at radius 2 is 2.29 bits per heavy atom. The van der Waals surface area contributed by atoms with Gasteiger partial charge in [0.25, 0.3) is 0 Å². The number of carbonyl (C=O) groups is 1. The number of carbonyl (C=O) groups excluding carboxylic acids is 1. The molecule has 21 heavy (non-hydrogen) atoms. The summed E-state index contributed by atoms with van der Waals surface area (Å²) >= 11 is 5.81. The number of nitrogens with zero attached hydrogens (tertiary/aromatic N) is 2. The van der Waals surface area contributed by atoms with E-state index in [1.807, 2.05) is 0 Å². The molecule has 2 aromatic rings. The van der Waals surface area contributed by atoms with E-state index in [0.29, 0.717) is 23.3 Å². The van der Waals surface area contributed by atoms with Crippen molar-refractivity contribution in [3.05, 3.63) is 40.8 Å². The number of aromatic nitrogens is 2. The van der Waals surface area contributed by atoms with Crippen molar-refractivity contribution in [3.63, 3.8) is 0 Å². The van der Waals surface area contributed by atoms with Gasteiger partial charge in [0.1, 0.15) is 5.82 Å². The van der Waals surface area contributed by atoms with Gasteiger partial charge in [-0.15, -0.1) is 0 Å². The SMILES string of the molecule is O=C(NCc1nc(C2CC2)no1)Nc1ccc(F)cc1Cl. The van der Waals surface area contributed by atoms with Crippen molar-refractivity contribution in [2.24, 2.45) is 0 Å². The summed E-state index contributed by atoms with van der Waals surface area (Å²) in [7, 11) is 0. The molecule has 1 aromatic carbocycles. The molecule has 0 unspecified atom stereocenters. The first-order valence-electron chi connectivity index (χ1n) is 6.44. The van der Waals surface area contributed by atoms with Crippen LogP contribution in [-0.2, 0) is 6.54 Å². The largest absolute Gasteiger partial charge is 0.337 e. The number of nitrogens with one attached hydrogen (secondary N) is 2. The van der Waals surface area contributed by atoms with Crippen LogP contribution in [0, 0.1) is 5.82 Å². The minimum Gasteiger partial charge on any atom is -0.337 e. The molecule has 1 saturated carbocycles. The van der Waals surface area contributed by atoms with E-state index in [2.05, 4.69) is 20.8 Å². The van der Waals surface area contributed by atoms with Gasteiger partial charge in [-0.25, -0.2) is 9.18 Å². The Morgan fingerprint density at radius 1 is 1.48 bits per heavy atom. The van der Waals surface area contributed by atoms with Crippen LogP contribution in [0.15, 0.2) is 22.7 Å². The normalized spacial score (nSPS) is 14.0. The van der Waals surface area contributed by atoms with Crippen LogP contribution in [0.25, 0.3) is 0 Å². The molecule has 1 aromatic heterocycles. The molecule has 0 aliphatic heterocycles. The van der Waals surface area contributed by atoms with Crippen LogP contribution in [0.5, 0.6) is 0 Å². The highest BCUT2D eigenvalue weighted by Gasteiger charge is 2.28. The molecule has 110 valence electrons. The highest BCUT2D eigenvalue weighted by Crippen LogP contribution is 2.38. The summed E-state index contributed by atoms with van der Waals surface area (Å²) in [4.78, 5) is 15.9. The number of hydrogen-bond acceptors (Lipinski definition) is 4. The lowest BCUT2D eigenvalue weighted by molar-refractivity contribution is 0.249. The van der Waals surface area contributed by atoms with E-state index in [4.69, 9.17) is 16.1 Å². The third-order valence-corrected chi connectivity index (χ3v) is 3.32. The van der Waals surface area contributed by atoms with E-state index in [9.17, 15) is 9.18 Å². The van der Waals surface area contributed by atoms with Crippen molar-refractivity contribution in [2.45, 2.75) is 25.3 Å². The molecule has 0 radical (unpaired) electrons. The molecule has 1 heterocycles. The molecular formula is C13H12ClFN4O2. The minimum atomic E-state index is -0.491. The number of benzene rings is 1. The first-order chi connectivity index (χ1) is 10.1. The topological polar surface area (TPSA) is 80.1 Å². The maximum Gasteiger partial charge on any atom is 0.319 e. The Kier molecular flexibility index (Phi) is 3.74. The van der Waals surface area contributed by atoms with Gasteiger partial charge in [-0.3, -0.25) is 0 Å². The second kappa shape index (κ2) is 5.69. The van der Waals surface area contributed by atoms with Gasteiger partial charge in [-0.1, -0.05) is 16.8 Å². The molecular weight excluding hydrogens is 299 g/mol. The van der Waals surface area contributed by atoms with Crippen molar-refractivity contribution >= 4 is 23.3 Å². The molecule has 2 N–H and O–H groups in total. The summed E-state index contributed by atoms with van der Waals surface area (Å²) in [5, 5.41) is 9.04. The maximum atomic E-state index is 12.9. The average Bonchev–Trinajstić information content (AvgIpc) is 3.19. The van der Waals surface area contributed by atoms with Crippen LogP contribution >= 0.6 is 11.6 Å². The molecule has 0 saturated heterocycles. The molecule has 3 rings (SSSR count). The van der Waals surface area contributed by atoms with E-state index in [0.717, 1.165) is 18.9 Å². The van der Waals surface area contributed by atoms with Crippen LogP contribution < -0.4 is 10.6 Å². The van der Waals surface area contributed by atoms with Crippen LogP contribution in [-0.4, -0.2) is 16.2 Å².